The summed E-state index contributed by atoms with van der Waals surface area (Å²) in [5, 5.41) is 3.44. The van der Waals surface area contributed by atoms with E-state index >= 15 is 0 Å². The number of fused-ring (bicyclic) bond motifs is 1. The van der Waals surface area contributed by atoms with Gasteiger partial charge in [-0.05, 0) is 43.1 Å². The first-order valence-electron chi connectivity index (χ1n) is 6.21. The molecular weight excluding hydrogens is 208 g/mol. The molecule has 0 spiro atoms. The van der Waals surface area contributed by atoms with E-state index in [2.05, 4.69) is 54.2 Å². The molecule has 2 nitrogen and oxygen atoms in total. The second-order valence-electron chi connectivity index (χ2n) is 4.86. The number of benzene rings is 1. The van der Waals surface area contributed by atoms with E-state index in [-0.39, 0.29) is 0 Å². The van der Waals surface area contributed by atoms with Crippen LogP contribution in [0.5, 0.6) is 0 Å². The van der Waals surface area contributed by atoms with Gasteiger partial charge < -0.3 is 9.88 Å². The van der Waals surface area contributed by atoms with Gasteiger partial charge in [0.2, 0.25) is 0 Å². The Morgan fingerprint density at radius 3 is 2.88 bits per heavy atom. The zero-order chi connectivity index (χ0) is 11.8. The van der Waals surface area contributed by atoms with Crippen molar-refractivity contribution in [2.45, 2.75) is 19.9 Å². The largest absolute Gasteiger partial charge is 0.346 e. The van der Waals surface area contributed by atoms with Crippen LogP contribution < -0.4 is 5.32 Å². The molecule has 0 saturated heterocycles. The molecule has 0 atom stereocenters. The Morgan fingerprint density at radius 1 is 1.24 bits per heavy atom. The van der Waals surface area contributed by atoms with Gasteiger partial charge in [-0.3, -0.25) is 0 Å². The zero-order valence-corrected chi connectivity index (χ0v) is 10.5. The summed E-state index contributed by atoms with van der Waals surface area (Å²) in [6.45, 7) is 4.25. The molecule has 0 aliphatic carbocycles. The Kier molecular flexibility index (Phi) is 2.52. The minimum atomic E-state index is 0.998. The Balaban J connectivity index is 2.12. The van der Waals surface area contributed by atoms with Crippen LogP contribution in [0, 0.1) is 6.92 Å². The predicted molar refractivity (Wildman–Crippen MR) is 71.0 cm³/mol. The van der Waals surface area contributed by atoms with Crippen LogP contribution in [-0.2, 0) is 20.0 Å². The summed E-state index contributed by atoms with van der Waals surface area (Å²) < 4.78 is 2.33. The molecule has 17 heavy (non-hydrogen) atoms. The fourth-order valence-corrected chi connectivity index (χ4v) is 2.67. The normalized spacial score (nSPS) is 14.7. The third kappa shape index (κ3) is 1.79. The Labute approximate surface area is 102 Å². The lowest BCUT2D eigenvalue weighted by Gasteiger charge is -2.15. The van der Waals surface area contributed by atoms with E-state index in [1.807, 2.05) is 0 Å². The van der Waals surface area contributed by atoms with E-state index in [1.54, 1.807) is 0 Å². The third-order valence-electron chi connectivity index (χ3n) is 3.63. The maximum absolute atomic E-state index is 3.44. The molecule has 1 aliphatic rings. The highest BCUT2D eigenvalue weighted by molar-refractivity contribution is 5.63. The van der Waals surface area contributed by atoms with E-state index in [0.717, 1.165) is 19.5 Å². The SMILES string of the molecule is Cc1cccc(-c2cc3c(n2C)CNCC3)c1. The number of nitrogens with one attached hydrogen (secondary N) is 1. The topological polar surface area (TPSA) is 17.0 Å². The molecule has 1 aromatic carbocycles. The van der Waals surface area contributed by atoms with Crippen LogP contribution in [0.4, 0.5) is 0 Å². The molecule has 0 radical (unpaired) electrons. The molecule has 2 heteroatoms. The molecule has 0 saturated carbocycles. The highest BCUT2D eigenvalue weighted by Crippen LogP contribution is 2.27. The number of nitrogens with zero attached hydrogens (tertiary/aromatic N) is 1. The first kappa shape index (κ1) is 10.6. The second kappa shape index (κ2) is 4.04. The summed E-state index contributed by atoms with van der Waals surface area (Å²) in [6, 6.07) is 11.1. The molecule has 88 valence electrons. The van der Waals surface area contributed by atoms with Crippen LogP contribution >= 0.6 is 0 Å². The third-order valence-corrected chi connectivity index (χ3v) is 3.63. The van der Waals surface area contributed by atoms with Gasteiger partial charge in [-0.2, -0.15) is 0 Å². The van der Waals surface area contributed by atoms with Gasteiger partial charge in [0.1, 0.15) is 0 Å². The summed E-state index contributed by atoms with van der Waals surface area (Å²) in [6.07, 6.45) is 1.15. The lowest BCUT2D eigenvalue weighted by atomic mass is 10.1. The Morgan fingerprint density at radius 2 is 2.12 bits per heavy atom. The smallest absolute Gasteiger partial charge is 0.0483 e. The predicted octanol–water partition coefficient (Wildman–Crippen LogP) is 2.65. The molecule has 0 bridgehead atoms. The molecular formula is C15H18N2. The van der Waals surface area contributed by atoms with Crippen molar-refractivity contribution in [1.29, 1.82) is 0 Å². The van der Waals surface area contributed by atoms with E-state index in [0.29, 0.717) is 0 Å². The molecule has 1 N–H and O–H groups in total. The van der Waals surface area contributed by atoms with Crippen molar-refractivity contribution in [2.24, 2.45) is 7.05 Å². The van der Waals surface area contributed by atoms with Crippen LogP contribution in [0.3, 0.4) is 0 Å². The van der Waals surface area contributed by atoms with Crippen LogP contribution in [0.25, 0.3) is 11.3 Å². The van der Waals surface area contributed by atoms with Gasteiger partial charge in [0.25, 0.3) is 0 Å². The van der Waals surface area contributed by atoms with Crippen LogP contribution in [0.15, 0.2) is 30.3 Å². The Hall–Kier alpha value is -1.54. The van der Waals surface area contributed by atoms with Gasteiger partial charge in [0, 0.05) is 25.0 Å². The summed E-state index contributed by atoms with van der Waals surface area (Å²) in [5.41, 5.74) is 6.92. The first-order valence-corrected chi connectivity index (χ1v) is 6.21. The van der Waals surface area contributed by atoms with Crippen LogP contribution in [0.2, 0.25) is 0 Å². The molecule has 0 amide bonds. The highest BCUT2D eigenvalue weighted by atomic mass is 15.0. The van der Waals surface area contributed by atoms with Crippen LogP contribution in [0.1, 0.15) is 16.8 Å². The van der Waals surface area contributed by atoms with Gasteiger partial charge in [0.05, 0.1) is 0 Å². The minimum Gasteiger partial charge on any atom is -0.346 e. The summed E-state index contributed by atoms with van der Waals surface area (Å²) in [4.78, 5) is 0. The summed E-state index contributed by atoms with van der Waals surface area (Å²) in [5.74, 6) is 0. The van der Waals surface area contributed by atoms with Crippen molar-refractivity contribution in [1.82, 2.24) is 9.88 Å². The van der Waals surface area contributed by atoms with Gasteiger partial charge in [-0.15, -0.1) is 0 Å². The molecule has 1 aliphatic heterocycles. The fraction of sp³-hybridized carbons (Fsp3) is 0.333. The average Bonchev–Trinajstić information content (AvgIpc) is 2.68. The minimum absolute atomic E-state index is 0.998. The quantitative estimate of drug-likeness (QED) is 0.791. The average molecular weight is 226 g/mol. The van der Waals surface area contributed by atoms with Crippen molar-refractivity contribution in [2.75, 3.05) is 6.54 Å². The molecule has 1 aromatic heterocycles. The fourth-order valence-electron chi connectivity index (χ4n) is 2.67. The number of hydrogen-bond donors (Lipinski definition) is 1. The summed E-state index contributed by atoms with van der Waals surface area (Å²) in [7, 11) is 2.17. The van der Waals surface area contributed by atoms with Gasteiger partial charge in [-0.1, -0.05) is 23.8 Å². The van der Waals surface area contributed by atoms with Crippen molar-refractivity contribution in [3.05, 3.63) is 47.2 Å². The van der Waals surface area contributed by atoms with Gasteiger partial charge in [0.15, 0.2) is 0 Å². The monoisotopic (exact) mass is 226 g/mol. The van der Waals surface area contributed by atoms with Gasteiger partial charge >= 0.3 is 0 Å². The molecule has 3 rings (SSSR count). The van der Waals surface area contributed by atoms with Crippen molar-refractivity contribution in [3.8, 4) is 11.3 Å². The highest BCUT2D eigenvalue weighted by Gasteiger charge is 2.16. The maximum Gasteiger partial charge on any atom is 0.0483 e. The maximum atomic E-state index is 3.44. The molecule has 2 aromatic rings. The second-order valence-corrected chi connectivity index (χ2v) is 4.86. The number of hydrogen-bond acceptors (Lipinski definition) is 1. The molecule has 0 unspecified atom stereocenters. The lowest BCUT2D eigenvalue weighted by molar-refractivity contribution is 0.611. The standard InChI is InChI=1S/C15H18N2/c1-11-4-3-5-12(8-11)14-9-13-6-7-16-10-15(13)17(14)2/h3-5,8-9,16H,6-7,10H2,1-2H3. The lowest BCUT2D eigenvalue weighted by Crippen LogP contribution is -2.24. The first-order chi connectivity index (χ1) is 8.25. The van der Waals surface area contributed by atoms with E-state index in [1.165, 1.54) is 28.1 Å². The van der Waals surface area contributed by atoms with E-state index < -0.39 is 0 Å². The Bertz CT molecular complexity index is 552. The number of rotatable bonds is 1. The number of aryl methyl sites for hydroxylation is 1. The van der Waals surface area contributed by atoms with Crippen molar-refractivity contribution in [3.63, 3.8) is 0 Å². The zero-order valence-electron chi connectivity index (χ0n) is 10.5. The van der Waals surface area contributed by atoms with Crippen molar-refractivity contribution >= 4 is 0 Å². The van der Waals surface area contributed by atoms with E-state index in [4.69, 9.17) is 0 Å². The number of aromatic nitrogens is 1. The van der Waals surface area contributed by atoms with Gasteiger partial charge in [-0.25, -0.2) is 0 Å². The van der Waals surface area contributed by atoms with E-state index in [9.17, 15) is 0 Å². The van der Waals surface area contributed by atoms with Crippen molar-refractivity contribution < 1.29 is 0 Å². The molecule has 2 heterocycles. The van der Waals surface area contributed by atoms with Crippen LogP contribution in [-0.4, -0.2) is 11.1 Å². The molecule has 0 fully saturated rings. The summed E-state index contributed by atoms with van der Waals surface area (Å²) >= 11 is 0.